The highest BCUT2D eigenvalue weighted by Gasteiger charge is 2.24. The molecule has 2 aromatic rings. The van der Waals surface area contributed by atoms with Gasteiger partial charge in [-0.1, -0.05) is 23.5 Å². The van der Waals surface area contributed by atoms with Crippen molar-refractivity contribution in [2.24, 2.45) is 11.7 Å². The Kier molecular flexibility index (Phi) is 6.18. The van der Waals surface area contributed by atoms with Crippen LogP contribution >= 0.6 is 11.3 Å². The zero-order valence-corrected chi connectivity index (χ0v) is 17.1. The Morgan fingerprint density at radius 2 is 1.89 bits per heavy atom. The van der Waals surface area contributed by atoms with Crippen molar-refractivity contribution in [1.29, 1.82) is 0 Å². The number of nitrogens with two attached hydrogens (primary N) is 1. The van der Waals surface area contributed by atoms with Crippen molar-refractivity contribution < 1.29 is 9.59 Å². The number of amides is 2. The number of carbonyl (C=O) groups excluding carboxylic acids is 2. The van der Waals surface area contributed by atoms with Crippen molar-refractivity contribution >= 4 is 34.5 Å². The third-order valence-electron chi connectivity index (χ3n) is 5.35. The Morgan fingerprint density at radius 3 is 2.50 bits per heavy atom. The Labute approximate surface area is 168 Å². The lowest BCUT2D eigenvalue weighted by atomic mass is 9.96. The number of piperidine rings is 1. The fourth-order valence-corrected chi connectivity index (χ4v) is 4.39. The van der Waals surface area contributed by atoms with Gasteiger partial charge in [0, 0.05) is 42.5 Å². The highest BCUT2D eigenvalue weighted by atomic mass is 32.1. The quantitative estimate of drug-likeness (QED) is 0.774. The molecule has 0 unspecified atom stereocenters. The van der Waals surface area contributed by atoms with E-state index in [4.69, 9.17) is 5.73 Å². The van der Waals surface area contributed by atoms with Gasteiger partial charge < -0.3 is 20.5 Å². The van der Waals surface area contributed by atoms with Gasteiger partial charge in [0.1, 0.15) is 0 Å². The van der Waals surface area contributed by atoms with Crippen LogP contribution in [0.2, 0.25) is 0 Å². The molecule has 1 aromatic carbocycles. The third-order valence-corrected chi connectivity index (χ3v) is 6.35. The number of thiazole rings is 1. The maximum absolute atomic E-state index is 12.5. The predicted octanol–water partition coefficient (Wildman–Crippen LogP) is 2.26. The van der Waals surface area contributed by atoms with E-state index >= 15 is 0 Å². The molecular formula is C20H26N4O3S. The summed E-state index contributed by atoms with van der Waals surface area (Å²) >= 11 is 1.21. The monoisotopic (exact) mass is 402 g/mol. The number of nitrogens with zero attached hydrogens (tertiary/aromatic N) is 2. The Hall–Kier alpha value is -2.61. The van der Waals surface area contributed by atoms with Crippen molar-refractivity contribution in [1.82, 2.24) is 4.57 Å². The summed E-state index contributed by atoms with van der Waals surface area (Å²) in [6, 6.07) is 7.66. The van der Waals surface area contributed by atoms with E-state index in [1.807, 2.05) is 38.1 Å². The number of para-hydroxylation sites is 2. The minimum Gasteiger partial charge on any atom is -0.370 e. The van der Waals surface area contributed by atoms with E-state index in [9.17, 15) is 14.4 Å². The highest BCUT2D eigenvalue weighted by Crippen LogP contribution is 2.29. The fourth-order valence-electron chi connectivity index (χ4n) is 3.53. The Balaban J connectivity index is 1.64. The first kappa shape index (κ1) is 20.1. The molecule has 3 N–H and O–H groups in total. The summed E-state index contributed by atoms with van der Waals surface area (Å²) in [4.78, 5) is 39.0. The van der Waals surface area contributed by atoms with Crippen molar-refractivity contribution in [3.63, 3.8) is 0 Å². The lowest BCUT2D eigenvalue weighted by molar-refractivity contribution is -0.122. The number of benzene rings is 1. The molecule has 0 radical (unpaired) electrons. The van der Waals surface area contributed by atoms with Crippen molar-refractivity contribution in [2.75, 3.05) is 23.3 Å². The molecule has 0 bridgehead atoms. The van der Waals surface area contributed by atoms with Gasteiger partial charge in [-0.3, -0.25) is 14.4 Å². The first-order valence-corrected chi connectivity index (χ1v) is 10.3. The first-order valence-electron chi connectivity index (χ1n) is 9.46. The van der Waals surface area contributed by atoms with E-state index in [2.05, 4.69) is 10.2 Å². The van der Waals surface area contributed by atoms with Gasteiger partial charge in [0.05, 0.1) is 11.4 Å². The average Bonchev–Trinajstić information content (AvgIpc) is 2.92. The van der Waals surface area contributed by atoms with Crippen LogP contribution in [0.15, 0.2) is 29.1 Å². The summed E-state index contributed by atoms with van der Waals surface area (Å²) in [7, 11) is 0. The topological polar surface area (TPSA) is 97.4 Å². The van der Waals surface area contributed by atoms with E-state index in [-0.39, 0.29) is 29.0 Å². The van der Waals surface area contributed by atoms with E-state index in [1.54, 1.807) is 4.57 Å². The van der Waals surface area contributed by atoms with Crippen LogP contribution in [0.3, 0.4) is 0 Å². The summed E-state index contributed by atoms with van der Waals surface area (Å²) in [5.74, 6) is -0.446. The molecule has 0 spiro atoms. The SMILES string of the molecule is Cc1sc(=O)n(CCC(=O)Nc2ccccc2N2CCC(C(N)=O)CC2)c1C. The molecule has 3 rings (SSSR count). The number of primary amides is 1. The number of hydrogen-bond donors (Lipinski definition) is 2. The number of anilines is 2. The van der Waals surface area contributed by atoms with Gasteiger partial charge in [0.25, 0.3) is 0 Å². The molecule has 0 aliphatic carbocycles. The van der Waals surface area contributed by atoms with E-state index in [0.717, 1.165) is 47.9 Å². The van der Waals surface area contributed by atoms with E-state index < -0.39 is 0 Å². The molecule has 2 amide bonds. The van der Waals surface area contributed by atoms with Crippen molar-refractivity contribution in [2.45, 2.75) is 39.7 Å². The molecule has 1 aliphatic rings. The first-order chi connectivity index (χ1) is 13.4. The zero-order valence-electron chi connectivity index (χ0n) is 16.2. The number of carbonyl (C=O) groups is 2. The molecule has 7 nitrogen and oxygen atoms in total. The molecule has 8 heteroatoms. The Bertz CT molecular complexity index is 926. The second kappa shape index (κ2) is 8.60. The van der Waals surface area contributed by atoms with Gasteiger partial charge in [-0.25, -0.2) is 0 Å². The summed E-state index contributed by atoms with van der Waals surface area (Å²) in [6.45, 7) is 5.63. The second-order valence-electron chi connectivity index (χ2n) is 7.14. The third kappa shape index (κ3) is 4.44. The molecule has 1 aromatic heterocycles. The van der Waals surface area contributed by atoms with Gasteiger partial charge in [-0.15, -0.1) is 0 Å². The smallest absolute Gasteiger partial charge is 0.307 e. The highest BCUT2D eigenvalue weighted by molar-refractivity contribution is 7.09. The zero-order chi connectivity index (χ0) is 20.3. The average molecular weight is 403 g/mol. The second-order valence-corrected chi connectivity index (χ2v) is 8.31. The lowest BCUT2D eigenvalue weighted by Crippen LogP contribution is -2.38. The van der Waals surface area contributed by atoms with Crippen LogP contribution in [-0.4, -0.2) is 29.5 Å². The van der Waals surface area contributed by atoms with Crippen LogP contribution in [0.5, 0.6) is 0 Å². The molecule has 28 heavy (non-hydrogen) atoms. The van der Waals surface area contributed by atoms with Gasteiger partial charge >= 0.3 is 4.87 Å². The van der Waals surface area contributed by atoms with Gasteiger partial charge in [0.2, 0.25) is 11.8 Å². The molecule has 1 aliphatic heterocycles. The molecule has 0 atom stereocenters. The maximum atomic E-state index is 12.5. The summed E-state index contributed by atoms with van der Waals surface area (Å²) in [5.41, 5.74) is 8.02. The number of aromatic nitrogens is 1. The number of rotatable bonds is 6. The molecule has 150 valence electrons. The molecular weight excluding hydrogens is 376 g/mol. The fraction of sp³-hybridized carbons (Fsp3) is 0.450. The van der Waals surface area contributed by atoms with Crippen LogP contribution in [0.25, 0.3) is 0 Å². The number of hydrogen-bond acceptors (Lipinski definition) is 5. The number of aryl methyl sites for hydroxylation is 1. The van der Waals surface area contributed by atoms with Gasteiger partial charge in [-0.05, 0) is 38.8 Å². The van der Waals surface area contributed by atoms with Crippen molar-refractivity contribution in [3.05, 3.63) is 44.5 Å². The van der Waals surface area contributed by atoms with Gasteiger partial charge in [0.15, 0.2) is 0 Å². The predicted molar refractivity (Wildman–Crippen MR) is 112 cm³/mol. The molecule has 1 fully saturated rings. The van der Waals surface area contributed by atoms with Crippen LogP contribution in [0.4, 0.5) is 11.4 Å². The molecule has 1 saturated heterocycles. The summed E-state index contributed by atoms with van der Waals surface area (Å²) in [5, 5.41) is 2.97. The summed E-state index contributed by atoms with van der Waals surface area (Å²) < 4.78 is 1.65. The maximum Gasteiger partial charge on any atom is 0.307 e. The van der Waals surface area contributed by atoms with E-state index in [1.165, 1.54) is 11.3 Å². The minimum absolute atomic E-state index is 0.0273. The Morgan fingerprint density at radius 1 is 1.21 bits per heavy atom. The lowest BCUT2D eigenvalue weighted by Gasteiger charge is -2.33. The normalized spacial score (nSPS) is 14.9. The van der Waals surface area contributed by atoms with Crippen LogP contribution in [-0.2, 0) is 16.1 Å². The van der Waals surface area contributed by atoms with Crippen molar-refractivity contribution in [3.8, 4) is 0 Å². The van der Waals surface area contributed by atoms with E-state index in [0.29, 0.717) is 6.54 Å². The standard InChI is InChI=1S/C20H26N4O3S/c1-13-14(2)28-20(27)24(13)12-9-18(25)22-16-5-3-4-6-17(16)23-10-7-15(8-11-23)19(21)26/h3-6,15H,7-12H2,1-2H3,(H2,21,26)(H,22,25). The van der Waals surface area contributed by atoms with Crippen LogP contribution in [0.1, 0.15) is 29.8 Å². The molecule has 0 saturated carbocycles. The van der Waals surface area contributed by atoms with Gasteiger partial charge in [-0.2, -0.15) is 0 Å². The van der Waals surface area contributed by atoms with Crippen LogP contribution in [0, 0.1) is 19.8 Å². The summed E-state index contributed by atoms with van der Waals surface area (Å²) in [6.07, 6.45) is 1.67. The molecule has 2 heterocycles. The number of nitrogens with one attached hydrogen (secondary N) is 1. The van der Waals surface area contributed by atoms with Crippen LogP contribution < -0.4 is 20.8 Å². The largest absolute Gasteiger partial charge is 0.370 e. The minimum atomic E-state index is -0.240.